The molecule has 0 bridgehead atoms. The normalized spacial score (nSPS) is 11.6. The average Bonchev–Trinajstić information content (AvgIpc) is 2.64. The molecule has 0 aromatic heterocycles. The van der Waals surface area contributed by atoms with Gasteiger partial charge in [0.25, 0.3) is 5.91 Å². The molecule has 0 saturated carbocycles. The van der Waals surface area contributed by atoms with Gasteiger partial charge in [0.15, 0.2) is 6.10 Å². The minimum atomic E-state index is -2.91. The molecule has 0 aliphatic rings. The van der Waals surface area contributed by atoms with Crippen LogP contribution in [-0.4, -0.2) is 31.2 Å². The molecule has 0 heterocycles. The number of ether oxygens (including phenoxy) is 3. The molecule has 8 heteroatoms. The number of benzene rings is 2. The predicted molar refractivity (Wildman–Crippen MR) is 98.6 cm³/mol. The molecule has 0 aliphatic heterocycles. The first-order valence-electron chi connectivity index (χ1n) is 8.64. The molecule has 0 spiro atoms. The lowest BCUT2D eigenvalue weighted by molar-refractivity contribution is -0.152. The van der Waals surface area contributed by atoms with Crippen LogP contribution < -0.4 is 14.8 Å². The van der Waals surface area contributed by atoms with Crippen LogP contribution in [0.3, 0.4) is 0 Å². The fraction of sp³-hybridized carbons (Fsp3) is 0.300. The number of nitrogens with one attached hydrogen (secondary N) is 1. The summed E-state index contributed by atoms with van der Waals surface area (Å²) in [7, 11) is 0. The van der Waals surface area contributed by atoms with Crippen LogP contribution in [0.4, 0.5) is 14.5 Å². The third-order valence-corrected chi connectivity index (χ3v) is 3.61. The molecular formula is C20H21F2NO5. The lowest BCUT2D eigenvalue weighted by atomic mass is 10.1. The molecule has 0 fully saturated rings. The second kappa shape index (κ2) is 10.2. The highest BCUT2D eigenvalue weighted by molar-refractivity contribution is 5.95. The number of alkyl halides is 2. The van der Waals surface area contributed by atoms with Crippen molar-refractivity contribution in [3.05, 3.63) is 54.1 Å². The second-order valence-electron chi connectivity index (χ2n) is 5.78. The maximum atomic E-state index is 12.2. The number of amides is 1. The zero-order chi connectivity index (χ0) is 20.5. The smallest absolute Gasteiger partial charge is 0.387 e. The third kappa shape index (κ3) is 6.86. The van der Waals surface area contributed by atoms with Crippen LogP contribution in [0.25, 0.3) is 0 Å². The van der Waals surface area contributed by atoms with E-state index in [0.717, 1.165) is 0 Å². The van der Waals surface area contributed by atoms with E-state index in [4.69, 9.17) is 9.47 Å². The molecule has 0 radical (unpaired) electrons. The van der Waals surface area contributed by atoms with Gasteiger partial charge in [-0.15, -0.1) is 0 Å². The van der Waals surface area contributed by atoms with E-state index in [1.54, 1.807) is 24.3 Å². The summed E-state index contributed by atoms with van der Waals surface area (Å²) in [6, 6.07) is 12.4. The summed E-state index contributed by atoms with van der Waals surface area (Å²) in [4.78, 5) is 24.1. The van der Waals surface area contributed by atoms with Crippen LogP contribution in [-0.2, 0) is 20.7 Å². The number of esters is 1. The van der Waals surface area contributed by atoms with Crippen molar-refractivity contribution in [1.29, 1.82) is 0 Å². The molecule has 0 aliphatic carbocycles. The quantitative estimate of drug-likeness (QED) is 0.656. The molecule has 150 valence electrons. The van der Waals surface area contributed by atoms with E-state index < -0.39 is 24.6 Å². The number of carbonyl (C=O) groups is 2. The van der Waals surface area contributed by atoms with E-state index in [1.807, 2.05) is 6.92 Å². The highest BCUT2D eigenvalue weighted by Crippen LogP contribution is 2.17. The maximum Gasteiger partial charge on any atom is 0.387 e. The molecule has 28 heavy (non-hydrogen) atoms. The topological polar surface area (TPSA) is 73.9 Å². The standard InChI is InChI=1S/C20H21F2NO5/c1-3-26-16-10-6-15(7-11-16)23-19(25)13(2)27-18(24)12-14-4-8-17(9-5-14)28-20(21)22/h4-11,13,20H,3,12H2,1-2H3,(H,23,25). The predicted octanol–water partition coefficient (Wildman–Crippen LogP) is 3.80. The number of halogens is 2. The van der Waals surface area contributed by atoms with Crippen molar-refractivity contribution >= 4 is 17.6 Å². The van der Waals surface area contributed by atoms with Crippen molar-refractivity contribution < 1.29 is 32.6 Å². The van der Waals surface area contributed by atoms with Crippen LogP contribution in [0.2, 0.25) is 0 Å². The fourth-order valence-electron chi connectivity index (χ4n) is 2.29. The van der Waals surface area contributed by atoms with Crippen LogP contribution in [0.1, 0.15) is 19.4 Å². The van der Waals surface area contributed by atoms with Crippen LogP contribution in [0.15, 0.2) is 48.5 Å². The van der Waals surface area contributed by atoms with Crippen molar-refractivity contribution in [1.82, 2.24) is 0 Å². The molecule has 2 aromatic carbocycles. The molecular weight excluding hydrogens is 372 g/mol. The van der Waals surface area contributed by atoms with E-state index >= 15 is 0 Å². The Hall–Kier alpha value is -3.16. The van der Waals surface area contributed by atoms with Gasteiger partial charge >= 0.3 is 12.6 Å². The van der Waals surface area contributed by atoms with Gasteiger partial charge in [0.1, 0.15) is 11.5 Å². The van der Waals surface area contributed by atoms with Gasteiger partial charge in [-0.2, -0.15) is 8.78 Å². The lowest BCUT2D eigenvalue weighted by Crippen LogP contribution is -2.30. The van der Waals surface area contributed by atoms with Crippen LogP contribution in [0, 0.1) is 0 Å². The molecule has 1 N–H and O–H groups in total. The summed E-state index contributed by atoms with van der Waals surface area (Å²) >= 11 is 0. The highest BCUT2D eigenvalue weighted by Gasteiger charge is 2.18. The van der Waals surface area contributed by atoms with E-state index in [2.05, 4.69) is 10.1 Å². The van der Waals surface area contributed by atoms with Crippen molar-refractivity contribution in [2.75, 3.05) is 11.9 Å². The monoisotopic (exact) mass is 393 g/mol. The zero-order valence-electron chi connectivity index (χ0n) is 15.5. The van der Waals surface area contributed by atoms with Gasteiger partial charge in [-0.1, -0.05) is 12.1 Å². The first kappa shape index (κ1) is 21.1. The molecule has 0 saturated heterocycles. The van der Waals surface area contributed by atoms with Gasteiger partial charge in [-0.05, 0) is 55.8 Å². The van der Waals surface area contributed by atoms with Gasteiger partial charge in [0, 0.05) is 5.69 Å². The summed E-state index contributed by atoms with van der Waals surface area (Å²) < 4.78 is 38.9. The summed E-state index contributed by atoms with van der Waals surface area (Å²) in [6.45, 7) is 0.963. The van der Waals surface area contributed by atoms with E-state index in [0.29, 0.717) is 23.6 Å². The minimum absolute atomic E-state index is 0.00443. The third-order valence-electron chi connectivity index (χ3n) is 3.61. The Balaban J connectivity index is 1.82. The number of carbonyl (C=O) groups excluding carboxylic acids is 2. The summed E-state index contributed by atoms with van der Waals surface area (Å²) in [6.07, 6.45) is -1.10. The SMILES string of the molecule is CCOc1ccc(NC(=O)C(C)OC(=O)Cc2ccc(OC(F)F)cc2)cc1. The Morgan fingerprint density at radius 1 is 1.00 bits per heavy atom. The highest BCUT2D eigenvalue weighted by atomic mass is 19.3. The van der Waals surface area contributed by atoms with Gasteiger partial charge in [0.2, 0.25) is 0 Å². The lowest BCUT2D eigenvalue weighted by Gasteiger charge is -2.14. The van der Waals surface area contributed by atoms with Crippen molar-refractivity contribution in [2.45, 2.75) is 33.0 Å². The van der Waals surface area contributed by atoms with Gasteiger partial charge in [-0.3, -0.25) is 9.59 Å². The van der Waals surface area contributed by atoms with E-state index in [1.165, 1.54) is 31.2 Å². The van der Waals surface area contributed by atoms with Gasteiger partial charge < -0.3 is 19.5 Å². The molecule has 1 atom stereocenters. The first-order chi connectivity index (χ1) is 13.4. The molecule has 2 rings (SSSR count). The van der Waals surface area contributed by atoms with Gasteiger partial charge in [-0.25, -0.2) is 0 Å². The molecule has 2 aromatic rings. The zero-order valence-corrected chi connectivity index (χ0v) is 15.5. The number of hydrogen-bond donors (Lipinski definition) is 1. The molecule has 1 unspecified atom stereocenters. The summed E-state index contributed by atoms with van der Waals surface area (Å²) in [5.41, 5.74) is 1.09. The molecule has 6 nitrogen and oxygen atoms in total. The Morgan fingerprint density at radius 3 is 2.18 bits per heavy atom. The van der Waals surface area contributed by atoms with Gasteiger partial charge in [0.05, 0.1) is 13.0 Å². The maximum absolute atomic E-state index is 12.2. The average molecular weight is 393 g/mol. The number of anilines is 1. The van der Waals surface area contributed by atoms with E-state index in [-0.39, 0.29) is 12.2 Å². The fourth-order valence-corrected chi connectivity index (χ4v) is 2.29. The second-order valence-corrected chi connectivity index (χ2v) is 5.78. The first-order valence-corrected chi connectivity index (χ1v) is 8.64. The minimum Gasteiger partial charge on any atom is -0.494 e. The van der Waals surface area contributed by atoms with Crippen LogP contribution in [0.5, 0.6) is 11.5 Å². The largest absolute Gasteiger partial charge is 0.494 e. The number of hydrogen-bond acceptors (Lipinski definition) is 5. The molecule has 1 amide bonds. The Bertz CT molecular complexity index is 778. The van der Waals surface area contributed by atoms with Crippen molar-refractivity contribution in [2.24, 2.45) is 0 Å². The number of rotatable bonds is 9. The summed E-state index contributed by atoms with van der Waals surface area (Å²) in [5, 5.41) is 2.65. The van der Waals surface area contributed by atoms with Crippen molar-refractivity contribution in [3.8, 4) is 11.5 Å². The Morgan fingerprint density at radius 2 is 1.61 bits per heavy atom. The summed E-state index contributed by atoms with van der Waals surface area (Å²) in [5.74, 6) is -0.407. The Labute approximate surface area is 161 Å². The van der Waals surface area contributed by atoms with Crippen LogP contribution >= 0.6 is 0 Å². The van der Waals surface area contributed by atoms with Crippen molar-refractivity contribution in [3.63, 3.8) is 0 Å². The van der Waals surface area contributed by atoms with E-state index in [9.17, 15) is 18.4 Å². The Kier molecular flexibility index (Phi) is 7.74.